The summed E-state index contributed by atoms with van der Waals surface area (Å²) in [7, 11) is 0. The van der Waals surface area contributed by atoms with Gasteiger partial charge in [-0.25, -0.2) is 0 Å². The van der Waals surface area contributed by atoms with Crippen molar-refractivity contribution in [2.75, 3.05) is 16.4 Å². The Morgan fingerprint density at radius 1 is 0.633 bits per heavy atom. The predicted molar refractivity (Wildman–Crippen MR) is 211 cm³/mol. The van der Waals surface area contributed by atoms with Gasteiger partial charge in [0.05, 0.1) is 5.69 Å². The van der Waals surface area contributed by atoms with Gasteiger partial charge in [-0.15, -0.1) is 0 Å². The van der Waals surface area contributed by atoms with Crippen molar-refractivity contribution < 1.29 is 0 Å². The number of hydrogen-bond donors (Lipinski definition) is 2. The minimum atomic E-state index is -0.277. The maximum Gasteiger partial charge on any atom is 0.0534 e. The monoisotopic (exact) mass is 653 g/mol. The largest absolute Gasteiger partial charge is 0.398 e. The summed E-state index contributed by atoms with van der Waals surface area (Å²) in [4.78, 5) is 4.44. The molecule has 0 radical (unpaired) electrons. The molecule has 0 atom stereocenters. The molecule has 0 saturated carbocycles. The van der Waals surface area contributed by atoms with Gasteiger partial charge in [0, 0.05) is 44.0 Å². The Labute approximate surface area is 293 Å². The molecule has 0 amide bonds. The van der Waals surface area contributed by atoms with Crippen molar-refractivity contribution in [3.63, 3.8) is 0 Å². The van der Waals surface area contributed by atoms with Crippen LogP contribution in [0.3, 0.4) is 0 Å². The summed E-state index contributed by atoms with van der Waals surface area (Å²) in [6.07, 6.45) is 6.56. The van der Waals surface area contributed by atoms with Gasteiger partial charge >= 0.3 is 0 Å². The third kappa shape index (κ3) is 6.56. The highest BCUT2D eigenvalue weighted by molar-refractivity contribution is 7.99. The van der Waals surface area contributed by atoms with Gasteiger partial charge in [0.1, 0.15) is 0 Å². The number of para-hydroxylation sites is 3. The number of benzene rings is 6. The summed E-state index contributed by atoms with van der Waals surface area (Å²) >= 11 is 1.68. The first-order valence-corrected chi connectivity index (χ1v) is 17.3. The summed E-state index contributed by atoms with van der Waals surface area (Å²) in [6.45, 7) is 9.10. The maximum absolute atomic E-state index is 6.45. The first-order chi connectivity index (χ1) is 23.8. The highest BCUT2D eigenvalue weighted by atomic mass is 32.2. The zero-order valence-corrected chi connectivity index (χ0v) is 28.6. The smallest absolute Gasteiger partial charge is 0.0534 e. The minimum absolute atomic E-state index is 0.277. The highest BCUT2D eigenvalue weighted by Crippen LogP contribution is 2.41. The van der Waals surface area contributed by atoms with Gasteiger partial charge in [-0.2, -0.15) is 0 Å². The molecule has 4 heteroatoms. The number of allylic oxidation sites excluding steroid dienone is 4. The van der Waals surface area contributed by atoms with E-state index in [-0.39, 0.29) is 5.41 Å². The second-order valence-corrected chi connectivity index (χ2v) is 14.0. The summed E-state index contributed by atoms with van der Waals surface area (Å²) < 4.78 is 0. The normalized spacial score (nSPS) is 14.7. The van der Waals surface area contributed by atoms with Gasteiger partial charge in [-0.05, 0) is 106 Å². The van der Waals surface area contributed by atoms with E-state index in [1.807, 2.05) is 36.4 Å². The van der Waals surface area contributed by atoms with Gasteiger partial charge in [0.25, 0.3) is 0 Å². The quantitative estimate of drug-likeness (QED) is 0.168. The second kappa shape index (κ2) is 13.4. The Bertz CT molecular complexity index is 2230. The van der Waals surface area contributed by atoms with Crippen molar-refractivity contribution in [1.29, 1.82) is 0 Å². The van der Waals surface area contributed by atoms with Gasteiger partial charge in [0.15, 0.2) is 0 Å². The summed E-state index contributed by atoms with van der Waals surface area (Å²) in [5, 5.41) is 0. The molecule has 0 bridgehead atoms. The number of nitrogens with two attached hydrogens (primary N) is 2. The lowest BCUT2D eigenvalue weighted by molar-refractivity contribution is 0.643. The molecule has 3 nitrogen and oxygen atoms in total. The van der Waals surface area contributed by atoms with Crippen molar-refractivity contribution in [2.45, 2.75) is 29.1 Å². The van der Waals surface area contributed by atoms with Crippen molar-refractivity contribution in [3.05, 3.63) is 193 Å². The molecule has 0 unspecified atom stereocenters. The maximum atomic E-state index is 6.45. The van der Waals surface area contributed by atoms with E-state index in [9.17, 15) is 0 Å². The molecular formula is C45H39N3S. The zero-order chi connectivity index (χ0) is 34.0. The zero-order valence-electron chi connectivity index (χ0n) is 27.8. The van der Waals surface area contributed by atoms with Crippen LogP contribution >= 0.6 is 11.8 Å². The summed E-state index contributed by atoms with van der Waals surface area (Å²) in [6, 6.07) is 50.7. The Kier molecular flexibility index (Phi) is 8.73. The van der Waals surface area contributed by atoms with E-state index in [1.54, 1.807) is 11.8 Å². The minimum Gasteiger partial charge on any atom is -0.398 e. The van der Waals surface area contributed by atoms with Crippen LogP contribution in [0.5, 0.6) is 0 Å². The SMILES string of the molecule is C=C1/C=C(c2cccc(C(C)(C)c3ccccc3N)c2)\C=C/N(c2ccccc2)c2ccc(-c3cccc(Sc4ccccc4N)c3)cc21. The van der Waals surface area contributed by atoms with E-state index in [0.717, 1.165) is 71.5 Å². The average molecular weight is 654 g/mol. The van der Waals surface area contributed by atoms with Gasteiger partial charge in [-0.3, -0.25) is 0 Å². The Balaban J connectivity index is 1.30. The molecule has 0 spiro atoms. The lowest BCUT2D eigenvalue weighted by Crippen LogP contribution is -2.20. The van der Waals surface area contributed by atoms with Crippen LogP contribution in [0, 0.1) is 0 Å². The molecular weight excluding hydrogens is 615 g/mol. The molecule has 4 N–H and O–H groups in total. The Morgan fingerprint density at radius 2 is 1.33 bits per heavy atom. The third-order valence-corrected chi connectivity index (χ3v) is 10.3. The fraction of sp³-hybridized carbons (Fsp3) is 0.0667. The molecule has 240 valence electrons. The van der Waals surface area contributed by atoms with Crippen LogP contribution in [0.15, 0.2) is 180 Å². The van der Waals surface area contributed by atoms with E-state index in [4.69, 9.17) is 11.5 Å². The van der Waals surface area contributed by atoms with Crippen LogP contribution in [-0.2, 0) is 5.41 Å². The van der Waals surface area contributed by atoms with Gasteiger partial charge < -0.3 is 16.4 Å². The lowest BCUT2D eigenvalue weighted by atomic mass is 9.76. The van der Waals surface area contributed by atoms with Crippen LogP contribution in [0.25, 0.3) is 22.3 Å². The number of nitrogens with zero attached hydrogens (tertiary/aromatic N) is 1. The number of anilines is 4. The number of fused-ring (bicyclic) bond motifs is 1. The predicted octanol–water partition coefficient (Wildman–Crippen LogP) is 11.8. The number of hydrogen-bond acceptors (Lipinski definition) is 4. The topological polar surface area (TPSA) is 55.3 Å². The van der Waals surface area contributed by atoms with Gasteiger partial charge in [-0.1, -0.05) is 123 Å². The molecule has 6 aromatic rings. The standard InChI is InChI=1S/C45H39N3S/c1-31-27-35(32-13-11-15-36(28-32)45(2,3)40-19-7-8-20-41(40)46)25-26-48(37-16-5-4-6-17-37)43-24-23-34(30-39(31)43)33-14-12-18-38(29-33)49-44-22-10-9-21-42(44)47/h4-30H,1,46-47H2,2-3H3/b26-25-,35-27+. The third-order valence-electron chi connectivity index (χ3n) is 9.24. The molecule has 0 aliphatic carbocycles. The van der Waals surface area contributed by atoms with Crippen LogP contribution in [0.4, 0.5) is 22.7 Å². The molecule has 1 heterocycles. The van der Waals surface area contributed by atoms with E-state index < -0.39 is 0 Å². The molecule has 6 aromatic carbocycles. The van der Waals surface area contributed by atoms with E-state index in [1.165, 1.54) is 5.56 Å². The highest BCUT2D eigenvalue weighted by Gasteiger charge is 2.26. The van der Waals surface area contributed by atoms with Crippen LogP contribution in [-0.4, -0.2) is 0 Å². The first-order valence-electron chi connectivity index (χ1n) is 16.4. The van der Waals surface area contributed by atoms with Crippen LogP contribution in [0.1, 0.15) is 36.1 Å². The molecule has 1 aliphatic rings. The Morgan fingerprint density at radius 3 is 2.12 bits per heavy atom. The summed E-state index contributed by atoms with van der Waals surface area (Å²) in [5.74, 6) is 0. The second-order valence-electron chi connectivity index (χ2n) is 12.8. The summed E-state index contributed by atoms with van der Waals surface area (Å²) in [5.41, 5.74) is 25.0. The van der Waals surface area contributed by atoms with Crippen molar-refractivity contribution in [3.8, 4) is 11.1 Å². The molecule has 0 fully saturated rings. The van der Waals surface area contributed by atoms with E-state index in [0.29, 0.717) is 0 Å². The molecule has 49 heavy (non-hydrogen) atoms. The van der Waals surface area contributed by atoms with E-state index in [2.05, 4.69) is 153 Å². The van der Waals surface area contributed by atoms with Crippen LogP contribution in [0.2, 0.25) is 0 Å². The lowest BCUT2D eigenvalue weighted by Gasteiger charge is -2.29. The van der Waals surface area contributed by atoms with Crippen LogP contribution < -0.4 is 16.4 Å². The number of rotatable bonds is 7. The fourth-order valence-electron chi connectivity index (χ4n) is 6.47. The molecule has 0 aromatic heterocycles. The van der Waals surface area contributed by atoms with Crippen molar-refractivity contribution >= 4 is 45.7 Å². The Hall–Kier alpha value is -5.71. The average Bonchev–Trinajstić information content (AvgIpc) is 3.12. The van der Waals surface area contributed by atoms with Crippen molar-refractivity contribution in [2.24, 2.45) is 0 Å². The fourth-order valence-corrected chi connectivity index (χ4v) is 7.39. The molecule has 0 saturated heterocycles. The van der Waals surface area contributed by atoms with Crippen molar-refractivity contribution in [1.82, 2.24) is 0 Å². The first kappa shape index (κ1) is 31.9. The van der Waals surface area contributed by atoms with Gasteiger partial charge in [0.2, 0.25) is 0 Å². The molecule has 7 rings (SSSR count). The van der Waals surface area contributed by atoms with E-state index >= 15 is 0 Å². The number of nitrogen functional groups attached to an aromatic ring is 2. The molecule has 1 aliphatic heterocycles.